The zero-order valence-corrected chi connectivity index (χ0v) is 15.2. The summed E-state index contributed by atoms with van der Waals surface area (Å²) in [6.07, 6.45) is 2.08. The number of hydrogen-bond acceptors (Lipinski definition) is 4. The van der Waals surface area contributed by atoms with E-state index < -0.39 is 0 Å². The molecule has 1 aliphatic rings. The molecule has 7 heteroatoms. The molecule has 0 aliphatic carbocycles. The Kier molecular flexibility index (Phi) is 7.44. The van der Waals surface area contributed by atoms with E-state index in [-0.39, 0.29) is 5.91 Å². The second-order valence-electron chi connectivity index (χ2n) is 5.48. The molecule has 4 nitrogen and oxygen atoms in total. The van der Waals surface area contributed by atoms with Crippen LogP contribution in [-0.4, -0.2) is 61.5 Å². The van der Waals surface area contributed by atoms with Gasteiger partial charge in [-0.25, -0.2) is 0 Å². The molecule has 0 spiro atoms. The molecule has 0 saturated carbocycles. The Morgan fingerprint density at radius 3 is 2.50 bits per heavy atom. The minimum Gasteiger partial charge on any atom is -0.352 e. The van der Waals surface area contributed by atoms with E-state index in [1.165, 1.54) is 24.4 Å². The molecule has 0 bridgehead atoms. The maximum Gasteiger partial charge on any atom is 0.253 e. The highest BCUT2D eigenvalue weighted by Crippen LogP contribution is 2.30. The molecule has 0 radical (unpaired) electrons. The largest absolute Gasteiger partial charge is 0.352 e. The topological polar surface area (TPSA) is 35.6 Å². The summed E-state index contributed by atoms with van der Waals surface area (Å²) in [6.45, 7) is 9.80. The second-order valence-corrected chi connectivity index (χ2v) is 7.76. The first kappa shape index (κ1) is 18.0. The SMILES string of the molecule is CCN1CCN(CCCCNC(=O)c2cc(Cl)sc2Cl)CC1. The lowest BCUT2D eigenvalue weighted by molar-refractivity contribution is 0.0952. The van der Waals surface area contributed by atoms with E-state index in [9.17, 15) is 4.79 Å². The lowest BCUT2D eigenvalue weighted by Gasteiger charge is -2.33. The van der Waals surface area contributed by atoms with Crippen LogP contribution in [0.25, 0.3) is 0 Å². The lowest BCUT2D eigenvalue weighted by atomic mass is 10.2. The molecule has 2 rings (SSSR count). The minimum absolute atomic E-state index is 0.135. The van der Waals surface area contributed by atoms with Crippen molar-refractivity contribution in [2.45, 2.75) is 19.8 Å². The van der Waals surface area contributed by atoms with Crippen molar-refractivity contribution >= 4 is 40.4 Å². The number of carbonyl (C=O) groups is 1. The Morgan fingerprint density at radius 2 is 1.91 bits per heavy atom. The number of rotatable bonds is 7. The molecule has 1 amide bonds. The number of hydrogen-bond donors (Lipinski definition) is 1. The fourth-order valence-electron chi connectivity index (χ4n) is 2.58. The van der Waals surface area contributed by atoms with Crippen LogP contribution in [0.2, 0.25) is 8.67 Å². The van der Waals surface area contributed by atoms with Crippen LogP contribution < -0.4 is 5.32 Å². The van der Waals surface area contributed by atoms with Gasteiger partial charge in [0.25, 0.3) is 5.91 Å². The van der Waals surface area contributed by atoms with Crippen molar-refractivity contribution in [3.8, 4) is 0 Å². The third-order valence-electron chi connectivity index (χ3n) is 4.00. The standard InChI is InChI=1S/C15H23Cl2N3OS/c1-2-19-7-9-20(10-8-19)6-4-3-5-18-15(21)12-11-13(16)22-14(12)17/h11H,2-10H2,1H3,(H,18,21). The molecule has 0 unspecified atom stereocenters. The Morgan fingerprint density at radius 1 is 1.23 bits per heavy atom. The van der Waals surface area contributed by atoms with Crippen LogP contribution in [-0.2, 0) is 0 Å². The van der Waals surface area contributed by atoms with Crippen molar-refractivity contribution in [2.75, 3.05) is 45.8 Å². The number of nitrogens with zero attached hydrogens (tertiary/aromatic N) is 2. The van der Waals surface area contributed by atoms with Gasteiger partial charge in [0.05, 0.1) is 9.90 Å². The number of halogens is 2. The summed E-state index contributed by atoms with van der Waals surface area (Å²) in [4.78, 5) is 16.9. The van der Waals surface area contributed by atoms with Crippen molar-refractivity contribution in [3.63, 3.8) is 0 Å². The first-order chi connectivity index (χ1) is 10.6. The smallest absolute Gasteiger partial charge is 0.253 e. The first-order valence-electron chi connectivity index (χ1n) is 7.78. The van der Waals surface area contributed by atoms with E-state index in [0.29, 0.717) is 20.8 Å². The number of carbonyl (C=O) groups excluding carboxylic acids is 1. The Balaban J connectivity index is 1.58. The Bertz CT molecular complexity index is 487. The van der Waals surface area contributed by atoms with Gasteiger partial charge in [-0.15, -0.1) is 11.3 Å². The predicted molar refractivity (Wildman–Crippen MR) is 94.5 cm³/mol. The number of unbranched alkanes of at least 4 members (excludes halogenated alkanes) is 1. The zero-order valence-electron chi connectivity index (χ0n) is 12.9. The molecular weight excluding hydrogens is 341 g/mol. The summed E-state index contributed by atoms with van der Waals surface area (Å²) >= 11 is 13.0. The van der Waals surface area contributed by atoms with Crippen LogP contribution >= 0.6 is 34.5 Å². The third kappa shape index (κ3) is 5.39. The van der Waals surface area contributed by atoms with Crippen molar-refractivity contribution in [2.24, 2.45) is 0 Å². The highest BCUT2D eigenvalue weighted by molar-refractivity contribution is 7.20. The zero-order chi connectivity index (χ0) is 15.9. The van der Waals surface area contributed by atoms with Crippen LogP contribution in [0.5, 0.6) is 0 Å². The average molecular weight is 364 g/mol. The molecule has 1 fully saturated rings. The molecule has 2 heterocycles. The summed E-state index contributed by atoms with van der Waals surface area (Å²) in [7, 11) is 0. The minimum atomic E-state index is -0.135. The third-order valence-corrected chi connectivity index (χ3v) is 5.49. The van der Waals surface area contributed by atoms with Gasteiger partial charge < -0.3 is 15.1 Å². The Labute approximate surface area is 146 Å². The van der Waals surface area contributed by atoms with Crippen molar-refractivity contribution in [3.05, 3.63) is 20.3 Å². The van der Waals surface area contributed by atoms with Crippen LogP contribution in [0.15, 0.2) is 6.07 Å². The summed E-state index contributed by atoms with van der Waals surface area (Å²) in [6, 6.07) is 1.62. The van der Waals surface area contributed by atoms with Gasteiger partial charge in [-0.05, 0) is 32.0 Å². The molecule has 0 atom stereocenters. The van der Waals surface area contributed by atoms with Gasteiger partial charge in [0.1, 0.15) is 4.34 Å². The second kappa shape index (κ2) is 9.08. The van der Waals surface area contributed by atoms with Gasteiger partial charge in [0, 0.05) is 32.7 Å². The van der Waals surface area contributed by atoms with E-state index in [4.69, 9.17) is 23.2 Å². The van der Waals surface area contributed by atoms with Crippen LogP contribution in [0.1, 0.15) is 30.1 Å². The number of amides is 1. The fourth-order valence-corrected chi connectivity index (χ4v) is 4.04. The predicted octanol–water partition coefficient (Wildman–Crippen LogP) is 3.20. The van der Waals surface area contributed by atoms with Crippen LogP contribution in [0.4, 0.5) is 0 Å². The normalized spacial score (nSPS) is 16.9. The average Bonchev–Trinajstić information content (AvgIpc) is 2.86. The van der Waals surface area contributed by atoms with Crippen LogP contribution in [0, 0.1) is 0 Å². The summed E-state index contributed by atoms with van der Waals surface area (Å²) < 4.78 is 0.998. The van der Waals surface area contributed by atoms with E-state index in [0.717, 1.165) is 39.0 Å². The highest BCUT2D eigenvalue weighted by atomic mass is 35.5. The fraction of sp³-hybridized carbons (Fsp3) is 0.667. The molecule has 22 heavy (non-hydrogen) atoms. The summed E-state index contributed by atoms with van der Waals surface area (Å²) in [5.41, 5.74) is 0.479. The quantitative estimate of drug-likeness (QED) is 0.755. The number of likely N-dealkylation sites (N-methyl/N-ethyl adjacent to an activating group) is 1. The van der Waals surface area contributed by atoms with Gasteiger partial charge in [-0.1, -0.05) is 30.1 Å². The Hall–Kier alpha value is -0.330. The lowest BCUT2D eigenvalue weighted by Crippen LogP contribution is -2.46. The van der Waals surface area contributed by atoms with E-state index in [2.05, 4.69) is 22.0 Å². The summed E-state index contributed by atoms with van der Waals surface area (Å²) in [5, 5.41) is 2.90. The number of piperazine rings is 1. The van der Waals surface area contributed by atoms with E-state index in [1.807, 2.05) is 0 Å². The van der Waals surface area contributed by atoms with Gasteiger partial charge in [0.15, 0.2) is 0 Å². The van der Waals surface area contributed by atoms with Crippen molar-refractivity contribution in [1.82, 2.24) is 15.1 Å². The molecule has 1 aliphatic heterocycles. The molecule has 1 saturated heterocycles. The molecule has 0 aromatic carbocycles. The number of thiophene rings is 1. The van der Waals surface area contributed by atoms with Gasteiger partial charge in [-0.3, -0.25) is 4.79 Å². The maximum absolute atomic E-state index is 11.9. The van der Waals surface area contributed by atoms with Crippen molar-refractivity contribution in [1.29, 1.82) is 0 Å². The van der Waals surface area contributed by atoms with Gasteiger partial charge >= 0.3 is 0 Å². The molecule has 124 valence electrons. The molecule has 1 N–H and O–H groups in total. The van der Waals surface area contributed by atoms with Crippen LogP contribution in [0.3, 0.4) is 0 Å². The monoisotopic (exact) mass is 363 g/mol. The molecule has 1 aromatic heterocycles. The van der Waals surface area contributed by atoms with E-state index in [1.54, 1.807) is 6.07 Å². The molecule has 1 aromatic rings. The number of nitrogens with one attached hydrogen (secondary N) is 1. The molecular formula is C15H23Cl2N3OS. The van der Waals surface area contributed by atoms with Gasteiger partial charge in [0.2, 0.25) is 0 Å². The van der Waals surface area contributed by atoms with Gasteiger partial charge in [-0.2, -0.15) is 0 Å². The summed E-state index contributed by atoms with van der Waals surface area (Å²) in [5.74, 6) is -0.135. The van der Waals surface area contributed by atoms with E-state index >= 15 is 0 Å². The highest BCUT2D eigenvalue weighted by Gasteiger charge is 2.15. The van der Waals surface area contributed by atoms with Crippen molar-refractivity contribution < 1.29 is 4.79 Å². The first-order valence-corrected chi connectivity index (χ1v) is 9.35. The maximum atomic E-state index is 11.9.